The lowest BCUT2D eigenvalue weighted by Gasteiger charge is -2.37. The molecule has 1 aromatic carbocycles. The Bertz CT molecular complexity index is 921. The number of carbonyl (C=O) groups is 2. The van der Waals surface area contributed by atoms with Gasteiger partial charge in [0.2, 0.25) is 5.88 Å². The quantitative estimate of drug-likeness (QED) is 0.787. The number of methoxy groups -OCH3 is 1. The summed E-state index contributed by atoms with van der Waals surface area (Å²) in [6.45, 7) is 3.45. The number of urea groups is 1. The summed E-state index contributed by atoms with van der Waals surface area (Å²) in [7, 11) is 3.29. The Morgan fingerprint density at radius 3 is 2.83 bits per heavy atom. The lowest BCUT2D eigenvalue weighted by Crippen LogP contribution is -2.52. The predicted molar refractivity (Wildman–Crippen MR) is 116 cm³/mol. The van der Waals surface area contributed by atoms with Crippen LogP contribution < -0.4 is 10.1 Å². The number of rotatable bonds is 5. The van der Waals surface area contributed by atoms with Crippen molar-refractivity contribution in [1.29, 1.82) is 0 Å². The Morgan fingerprint density at radius 2 is 2.07 bits per heavy atom. The lowest BCUT2D eigenvalue weighted by atomic mass is 10.0. The van der Waals surface area contributed by atoms with E-state index in [9.17, 15) is 9.59 Å². The normalized spacial score (nSPS) is 16.1. The van der Waals surface area contributed by atoms with Crippen LogP contribution in [0.3, 0.4) is 0 Å². The summed E-state index contributed by atoms with van der Waals surface area (Å²) in [6.07, 6.45) is 1.67. The smallest absolute Gasteiger partial charge is 0.317 e. The van der Waals surface area contributed by atoms with Gasteiger partial charge in [-0.15, -0.1) is 0 Å². The highest BCUT2D eigenvalue weighted by Gasteiger charge is 2.29. The first kappa shape index (κ1) is 21.9. The number of nitrogens with zero attached hydrogens (tertiary/aromatic N) is 3. The van der Waals surface area contributed by atoms with Crippen LogP contribution in [0.5, 0.6) is 5.88 Å². The number of ether oxygens (including phenoxy) is 1. The molecule has 1 aliphatic rings. The molecule has 3 amide bonds. The van der Waals surface area contributed by atoms with E-state index < -0.39 is 0 Å². The number of pyridine rings is 1. The van der Waals surface area contributed by atoms with Crippen molar-refractivity contribution in [3.63, 3.8) is 0 Å². The van der Waals surface area contributed by atoms with Gasteiger partial charge in [0.25, 0.3) is 5.91 Å². The third kappa shape index (κ3) is 5.02. The van der Waals surface area contributed by atoms with Gasteiger partial charge in [0, 0.05) is 37.8 Å². The molecule has 0 bridgehead atoms. The molecular formula is C22H27ClN4O3. The van der Waals surface area contributed by atoms with Crippen molar-refractivity contribution in [2.45, 2.75) is 32.4 Å². The van der Waals surface area contributed by atoms with Crippen molar-refractivity contribution in [3.05, 3.63) is 58.2 Å². The van der Waals surface area contributed by atoms with E-state index in [0.29, 0.717) is 36.2 Å². The zero-order valence-electron chi connectivity index (χ0n) is 17.5. The number of carbonyl (C=O) groups excluding carboxylic acids is 2. The van der Waals surface area contributed by atoms with Crippen molar-refractivity contribution in [1.82, 2.24) is 20.1 Å². The highest BCUT2D eigenvalue weighted by Crippen LogP contribution is 2.20. The van der Waals surface area contributed by atoms with Crippen molar-refractivity contribution in [2.24, 2.45) is 0 Å². The minimum atomic E-state index is -0.173. The zero-order chi connectivity index (χ0) is 21.7. The third-order valence-electron chi connectivity index (χ3n) is 5.51. The molecule has 1 saturated heterocycles. The van der Waals surface area contributed by atoms with Crippen LogP contribution in [0.2, 0.25) is 5.02 Å². The van der Waals surface area contributed by atoms with Crippen LogP contribution in [0.15, 0.2) is 36.4 Å². The maximum absolute atomic E-state index is 12.9. The number of nitrogens with one attached hydrogen (secondary N) is 1. The molecule has 1 atom stereocenters. The molecule has 160 valence electrons. The van der Waals surface area contributed by atoms with Crippen molar-refractivity contribution in [2.75, 3.05) is 27.2 Å². The molecule has 2 heterocycles. The summed E-state index contributed by atoms with van der Waals surface area (Å²) in [5, 5.41) is 3.63. The van der Waals surface area contributed by atoms with E-state index in [1.165, 1.54) is 7.11 Å². The van der Waals surface area contributed by atoms with Crippen molar-refractivity contribution in [3.8, 4) is 5.88 Å². The Morgan fingerprint density at radius 1 is 1.30 bits per heavy atom. The van der Waals surface area contributed by atoms with Gasteiger partial charge >= 0.3 is 6.03 Å². The number of piperidine rings is 1. The maximum Gasteiger partial charge on any atom is 0.317 e. The van der Waals surface area contributed by atoms with E-state index in [1.54, 1.807) is 35.0 Å². The topological polar surface area (TPSA) is 74.8 Å². The lowest BCUT2D eigenvalue weighted by molar-refractivity contribution is 0.0629. The Balaban J connectivity index is 1.60. The Kier molecular flexibility index (Phi) is 7.15. The van der Waals surface area contributed by atoms with E-state index in [1.807, 2.05) is 25.1 Å². The molecule has 0 aliphatic carbocycles. The van der Waals surface area contributed by atoms with Gasteiger partial charge in [0.15, 0.2) is 0 Å². The van der Waals surface area contributed by atoms with Crippen molar-refractivity contribution < 1.29 is 14.3 Å². The van der Waals surface area contributed by atoms with Gasteiger partial charge in [0.05, 0.1) is 13.2 Å². The molecule has 1 aliphatic heterocycles. The standard InChI is InChI=1S/C22H27ClN4O3/c1-15-16(7-4-9-18(15)23)13-24-22(29)26(2)17-8-6-12-27(14-17)21(28)19-10-5-11-20(25-19)30-3/h4-5,7,9-11,17H,6,8,12-14H2,1-3H3,(H,24,29)/t17-/m1/s1. The monoisotopic (exact) mass is 430 g/mol. The van der Waals surface area contributed by atoms with Crippen LogP contribution in [0.25, 0.3) is 0 Å². The molecule has 7 nitrogen and oxygen atoms in total. The summed E-state index contributed by atoms with van der Waals surface area (Å²) in [6, 6.07) is 10.5. The molecule has 2 aromatic rings. The van der Waals surface area contributed by atoms with Crippen LogP contribution in [0, 0.1) is 6.92 Å². The second-order valence-corrected chi connectivity index (χ2v) is 7.81. The van der Waals surface area contributed by atoms with E-state index >= 15 is 0 Å². The first-order valence-electron chi connectivity index (χ1n) is 9.95. The SMILES string of the molecule is COc1cccc(C(=O)N2CCC[C@@H](N(C)C(=O)NCc3cccc(Cl)c3C)C2)n1. The molecule has 1 N–H and O–H groups in total. The first-order valence-corrected chi connectivity index (χ1v) is 10.3. The minimum Gasteiger partial charge on any atom is -0.481 e. The van der Waals surface area contributed by atoms with Gasteiger partial charge in [0.1, 0.15) is 5.69 Å². The molecular weight excluding hydrogens is 404 g/mol. The van der Waals surface area contributed by atoms with Gasteiger partial charge < -0.3 is 19.9 Å². The molecule has 1 aromatic heterocycles. The molecule has 8 heteroatoms. The van der Waals surface area contributed by atoms with Crippen LogP contribution in [-0.4, -0.2) is 60.0 Å². The third-order valence-corrected chi connectivity index (χ3v) is 5.92. The summed E-state index contributed by atoms with van der Waals surface area (Å²) >= 11 is 6.16. The molecule has 3 rings (SSSR count). The van der Waals surface area contributed by atoms with Gasteiger partial charge in [-0.1, -0.05) is 29.8 Å². The zero-order valence-corrected chi connectivity index (χ0v) is 18.3. The molecule has 1 fully saturated rings. The number of likely N-dealkylation sites (N-methyl/N-ethyl adjacent to an activating group) is 1. The Hall–Kier alpha value is -2.80. The van der Waals surface area contributed by atoms with Crippen LogP contribution in [-0.2, 0) is 6.54 Å². The highest BCUT2D eigenvalue weighted by molar-refractivity contribution is 6.31. The number of amides is 3. The number of aromatic nitrogens is 1. The van der Waals surface area contributed by atoms with Crippen LogP contribution in [0.1, 0.15) is 34.5 Å². The second-order valence-electron chi connectivity index (χ2n) is 7.41. The van der Waals surface area contributed by atoms with E-state index in [-0.39, 0.29) is 18.0 Å². The molecule has 0 radical (unpaired) electrons. The van der Waals surface area contributed by atoms with E-state index in [4.69, 9.17) is 16.3 Å². The largest absolute Gasteiger partial charge is 0.481 e. The molecule has 0 unspecified atom stereocenters. The number of likely N-dealkylation sites (tertiary alicyclic amines) is 1. The Labute approximate surface area is 182 Å². The average molecular weight is 431 g/mol. The predicted octanol–water partition coefficient (Wildman–Crippen LogP) is 3.50. The number of benzene rings is 1. The first-order chi connectivity index (χ1) is 14.4. The van der Waals surface area contributed by atoms with Crippen LogP contribution in [0.4, 0.5) is 4.79 Å². The molecule has 30 heavy (non-hydrogen) atoms. The fourth-order valence-electron chi connectivity index (χ4n) is 3.57. The van der Waals surface area contributed by atoms with Gasteiger partial charge in [-0.05, 0) is 43.0 Å². The van der Waals surface area contributed by atoms with Gasteiger partial charge in [-0.3, -0.25) is 4.79 Å². The second kappa shape index (κ2) is 9.80. The van der Waals surface area contributed by atoms with E-state index in [2.05, 4.69) is 10.3 Å². The average Bonchev–Trinajstić information content (AvgIpc) is 2.79. The summed E-state index contributed by atoms with van der Waals surface area (Å²) in [5.74, 6) is 0.254. The summed E-state index contributed by atoms with van der Waals surface area (Å²) < 4.78 is 5.11. The minimum absolute atomic E-state index is 0.0613. The number of hydrogen-bond donors (Lipinski definition) is 1. The highest BCUT2D eigenvalue weighted by atomic mass is 35.5. The number of halogens is 1. The summed E-state index contributed by atoms with van der Waals surface area (Å²) in [4.78, 5) is 33.2. The summed E-state index contributed by atoms with van der Waals surface area (Å²) in [5.41, 5.74) is 2.29. The fraction of sp³-hybridized carbons (Fsp3) is 0.409. The van der Waals surface area contributed by atoms with Crippen molar-refractivity contribution >= 4 is 23.5 Å². The van der Waals surface area contributed by atoms with Crippen LogP contribution >= 0.6 is 11.6 Å². The maximum atomic E-state index is 12.9. The van der Waals surface area contributed by atoms with Gasteiger partial charge in [-0.25, -0.2) is 9.78 Å². The number of hydrogen-bond acceptors (Lipinski definition) is 4. The fourth-order valence-corrected chi connectivity index (χ4v) is 3.76. The molecule has 0 spiro atoms. The molecule has 0 saturated carbocycles. The van der Waals surface area contributed by atoms with E-state index in [0.717, 1.165) is 24.0 Å². The van der Waals surface area contributed by atoms with Gasteiger partial charge in [-0.2, -0.15) is 0 Å².